The molecule has 1 saturated heterocycles. The molecule has 4 rings (SSSR count). The lowest BCUT2D eigenvalue weighted by molar-refractivity contribution is 0.0780. The maximum absolute atomic E-state index is 13.1. The molecule has 1 aliphatic heterocycles. The molecule has 2 aromatic carbocycles. The molecule has 2 N–H and O–H groups in total. The first-order valence-corrected chi connectivity index (χ1v) is 8.88. The van der Waals surface area contributed by atoms with Gasteiger partial charge in [-0.05, 0) is 42.3 Å². The number of carbonyl (C=O) groups excluding carboxylic acids is 1. The Morgan fingerprint density at radius 2 is 1.85 bits per heavy atom. The molecule has 0 unspecified atom stereocenters. The Hall–Kier alpha value is -3.06. The summed E-state index contributed by atoms with van der Waals surface area (Å²) in [5.74, 6) is -0.0740. The van der Waals surface area contributed by atoms with E-state index in [0.29, 0.717) is 25.3 Å². The van der Waals surface area contributed by atoms with E-state index in [1.165, 1.54) is 28.7 Å². The minimum atomic E-state index is -0.334. The van der Waals surface area contributed by atoms with Crippen molar-refractivity contribution >= 4 is 5.91 Å². The van der Waals surface area contributed by atoms with Gasteiger partial charge >= 0.3 is 0 Å². The fourth-order valence-electron chi connectivity index (χ4n) is 3.58. The summed E-state index contributed by atoms with van der Waals surface area (Å²) in [5, 5.41) is 8.40. The molecule has 1 amide bonds. The maximum atomic E-state index is 13.1. The summed E-state index contributed by atoms with van der Waals surface area (Å²) in [5.41, 5.74) is 8.01. The summed E-state index contributed by atoms with van der Waals surface area (Å²) >= 11 is 0. The average Bonchev–Trinajstić information content (AvgIpc) is 3.36. The van der Waals surface area contributed by atoms with Crippen LogP contribution in [0.3, 0.4) is 0 Å². The summed E-state index contributed by atoms with van der Waals surface area (Å²) in [6, 6.07) is 15.9. The number of likely N-dealkylation sites (tertiary alicyclic amines) is 1. The predicted octanol–water partition coefficient (Wildman–Crippen LogP) is 2.22. The third-order valence-electron chi connectivity index (χ3n) is 5.03. The standard InChI is InChI=1S/C20H20FN5O/c21-16-6-8-17(9-7-16)26-23-11-19(24-26)20(27)25-12-15(10-22)18(13-25)14-4-2-1-3-5-14/h1-9,11,15,18H,10,12-13,22H2/t15-,18+/m1/s1. The molecule has 138 valence electrons. The Morgan fingerprint density at radius 1 is 1.11 bits per heavy atom. The summed E-state index contributed by atoms with van der Waals surface area (Å²) in [6.07, 6.45) is 1.44. The highest BCUT2D eigenvalue weighted by atomic mass is 19.1. The number of benzene rings is 2. The highest BCUT2D eigenvalue weighted by Gasteiger charge is 2.36. The van der Waals surface area contributed by atoms with Gasteiger partial charge in [-0.1, -0.05) is 30.3 Å². The van der Waals surface area contributed by atoms with Gasteiger partial charge in [-0.3, -0.25) is 4.79 Å². The molecule has 1 fully saturated rings. The van der Waals surface area contributed by atoms with Crippen molar-refractivity contribution in [1.29, 1.82) is 0 Å². The van der Waals surface area contributed by atoms with E-state index >= 15 is 0 Å². The SMILES string of the molecule is NC[C@@H]1CN(C(=O)c2cnn(-c3ccc(F)cc3)n2)C[C@H]1c1ccccc1. The maximum Gasteiger partial charge on any atom is 0.276 e. The average molecular weight is 365 g/mol. The van der Waals surface area contributed by atoms with Gasteiger partial charge in [0, 0.05) is 19.0 Å². The molecule has 2 atom stereocenters. The van der Waals surface area contributed by atoms with Gasteiger partial charge in [0.05, 0.1) is 11.9 Å². The van der Waals surface area contributed by atoms with Crippen LogP contribution in [0.15, 0.2) is 60.8 Å². The van der Waals surface area contributed by atoms with Crippen LogP contribution in [-0.2, 0) is 0 Å². The zero-order valence-corrected chi connectivity index (χ0v) is 14.7. The number of hydrogen-bond acceptors (Lipinski definition) is 4. The van der Waals surface area contributed by atoms with Gasteiger partial charge in [-0.25, -0.2) is 4.39 Å². The summed E-state index contributed by atoms with van der Waals surface area (Å²) < 4.78 is 13.1. The molecule has 3 aromatic rings. The van der Waals surface area contributed by atoms with Crippen LogP contribution in [0.5, 0.6) is 0 Å². The van der Waals surface area contributed by atoms with E-state index in [0.717, 1.165) is 0 Å². The van der Waals surface area contributed by atoms with Crippen LogP contribution in [0.25, 0.3) is 5.69 Å². The molecule has 27 heavy (non-hydrogen) atoms. The van der Waals surface area contributed by atoms with Gasteiger partial charge in [-0.2, -0.15) is 9.90 Å². The van der Waals surface area contributed by atoms with Crippen LogP contribution < -0.4 is 5.73 Å². The number of aromatic nitrogens is 3. The number of halogens is 1. The zero-order chi connectivity index (χ0) is 18.8. The highest BCUT2D eigenvalue weighted by Crippen LogP contribution is 2.32. The lowest BCUT2D eigenvalue weighted by Crippen LogP contribution is -2.30. The summed E-state index contributed by atoms with van der Waals surface area (Å²) in [7, 11) is 0. The Balaban J connectivity index is 1.52. The highest BCUT2D eigenvalue weighted by molar-refractivity contribution is 5.92. The number of hydrogen-bond donors (Lipinski definition) is 1. The molecule has 0 spiro atoms. The largest absolute Gasteiger partial charge is 0.336 e. The van der Waals surface area contributed by atoms with Crippen LogP contribution in [0.1, 0.15) is 22.0 Å². The first kappa shape index (κ1) is 17.4. The Morgan fingerprint density at radius 3 is 2.56 bits per heavy atom. The third kappa shape index (κ3) is 3.46. The van der Waals surface area contributed by atoms with Crippen molar-refractivity contribution in [1.82, 2.24) is 19.9 Å². The van der Waals surface area contributed by atoms with E-state index in [1.54, 1.807) is 17.0 Å². The molecule has 1 aromatic heterocycles. The molecule has 0 bridgehead atoms. The number of amides is 1. The van der Waals surface area contributed by atoms with Gasteiger partial charge in [0.2, 0.25) is 0 Å². The first-order valence-electron chi connectivity index (χ1n) is 8.88. The van der Waals surface area contributed by atoms with E-state index in [-0.39, 0.29) is 29.3 Å². The second kappa shape index (κ2) is 7.28. The van der Waals surface area contributed by atoms with Crippen molar-refractivity contribution in [2.75, 3.05) is 19.6 Å². The molecule has 7 heteroatoms. The van der Waals surface area contributed by atoms with Crippen molar-refractivity contribution in [3.63, 3.8) is 0 Å². The van der Waals surface area contributed by atoms with Gasteiger partial charge in [0.1, 0.15) is 5.82 Å². The van der Waals surface area contributed by atoms with Gasteiger partial charge in [-0.15, -0.1) is 5.10 Å². The van der Waals surface area contributed by atoms with Gasteiger partial charge in [0.15, 0.2) is 5.69 Å². The number of nitrogens with two attached hydrogens (primary N) is 1. The second-order valence-corrected chi connectivity index (χ2v) is 6.72. The fraction of sp³-hybridized carbons (Fsp3) is 0.250. The third-order valence-corrected chi connectivity index (χ3v) is 5.03. The van der Waals surface area contributed by atoms with Gasteiger partial charge in [0.25, 0.3) is 5.91 Å². The molecule has 2 heterocycles. The van der Waals surface area contributed by atoms with E-state index in [1.807, 2.05) is 18.2 Å². The van der Waals surface area contributed by atoms with Crippen molar-refractivity contribution in [3.8, 4) is 5.69 Å². The van der Waals surface area contributed by atoms with Crippen LogP contribution in [-0.4, -0.2) is 45.4 Å². The molecule has 0 aliphatic carbocycles. The quantitative estimate of drug-likeness (QED) is 0.769. The molecule has 0 radical (unpaired) electrons. The van der Waals surface area contributed by atoms with E-state index in [4.69, 9.17) is 5.73 Å². The zero-order valence-electron chi connectivity index (χ0n) is 14.7. The van der Waals surface area contributed by atoms with E-state index in [2.05, 4.69) is 22.3 Å². The second-order valence-electron chi connectivity index (χ2n) is 6.72. The van der Waals surface area contributed by atoms with Crippen LogP contribution in [0.2, 0.25) is 0 Å². The van der Waals surface area contributed by atoms with Crippen molar-refractivity contribution in [3.05, 3.63) is 77.9 Å². The molecular weight excluding hydrogens is 345 g/mol. The van der Waals surface area contributed by atoms with Crippen molar-refractivity contribution in [2.24, 2.45) is 11.7 Å². The van der Waals surface area contributed by atoms with Crippen molar-refractivity contribution < 1.29 is 9.18 Å². The number of carbonyl (C=O) groups is 1. The Labute approximate surface area is 156 Å². The Kier molecular flexibility index (Phi) is 4.68. The van der Waals surface area contributed by atoms with Crippen LogP contribution >= 0.6 is 0 Å². The Bertz CT molecular complexity index is 925. The van der Waals surface area contributed by atoms with Gasteiger partial charge < -0.3 is 10.6 Å². The summed E-state index contributed by atoms with van der Waals surface area (Å²) in [4.78, 5) is 16.0. The first-order chi connectivity index (χ1) is 13.2. The molecule has 1 aliphatic rings. The fourth-order valence-corrected chi connectivity index (χ4v) is 3.58. The smallest absolute Gasteiger partial charge is 0.276 e. The summed E-state index contributed by atoms with van der Waals surface area (Å²) in [6.45, 7) is 1.72. The number of rotatable bonds is 4. The topological polar surface area (TPSA) is 77.0 Å². The predicted molar refractivity (Wildman–Crippen MR) is 98.9 cm³/mol. The van der Waals surface area contributed by atoms with E-state index < -0.39 is 0 Å². The van der Waals surface area contributed by atoms with Crippen LogP contribution in [0.4, 0.5) is 4.39 Å². The minimum absolute atomic E-state index is 0.166. The lowest BCUT2D eigenvalue weighted by atomic mass is 9.89. The van der Waals surface area contributed by atoms with Crippen LogP contribution in [0, 0.1) is 11.7 Å². The van der Waals surface area contributed by atoms with E-state index in [9.17, 15) is 9.18 Å². The number of nitrogens with zero attached hydrogens (tertiary/aromatic N) is 4. The minimum Gasteiger partial charge on any atom is -0.336 e. The normalized spacial score (nSPS) is 19.4. The lowest BCUT2D eigenvalue weighted by Gasteiger charge is -2.16. The molecular formula is C20H20FN5O. The monoisotopic (exact) mass is 365 g/mol. The van der Waals surface area contributed by atoms with Crippen molar-refractivity contribution in [2.45, 2.75) is 5.92 Å². The molecule has 6 nitrogen and oxygen atoms in total. The molecule has 0 saturated carbocycles.